The van der Waals surface area contributed by atoms with Crippen LogP contribution in [0.5, 0.6) is 0 Å². The Hall–Kier alpha value is -3.01. The number of fused-ring (bicyclic) bond motifs is 1. The summed E-state index contributed by atoms with van der Waals surface area (Å²) in [7, 11) is -2.32. The van der Waals surface area contributed by atoms with Crippen LogP contribution < -0.4 is 5.76 Å². The second-order valence-electron chi connectivity index (χ2n) is 11.1. The molecule has 0 atom stereocenters. The van der Waals surface area contributed by atoms with Gasteiger partial charge in [-0.1, -0.05) is 17.7 Å². The number of oxazole rings is 1. The van der Waals surface area contributed by atoms with E-state index in [2.05, 4.69) is 17.9 Å². The van der Waals surface area contributed by atoms with Crippen LogP contribution in [0.15, 0.2) is 56.6 Å². The van der Waals surface area contributed by atoms with Gasteiger partial charge < -0.3 is 13.9 Å². The van der Waals surface area contributed by atoms with Crippen molar-refractivity contribution in [1.29, 1.82) is 5.26 Å². The van der Waals surface area contributed by atoms with Crippen LogP contribution in [0.1, 0.15) is 62.6 Å². The van der Waals surface area contributed by atoms with E-state index in [-0.39, 0.29) is 22.2 Å². The van der Waals surface area contributed by atoms with Crippen LogP contribution >= 0.6 is 0 Å². The van der Waals surface area contributed by atoms with Crippen molar-refractivity contribution in [1.82, 2.24) is 9.47 Å². The summed E-state index contributed by atoms with van der Waals surface area (Å²) in [5.41, 5.74) is 2.99. The number of likely N-dealkylation sites (tertiary alicyclic amines) is 1. The number of rotatable bonds is 7. The van der Waals surface area contributed by atoms with E-state index < -0.39 is 10.1 Å². The van der Waals surface area contributed by atoms with Crippen LogP contribution in [0.4, 0.5) is 0 Å². The summed E-state index contributed by atoms with van der Waals surface area (Å²) < 4.78 is 47.7. The van der Waals surface area contributed by atoms with Crippen LogP contribution in [-0.4, -0.2) is 67.5 Å². The summed E-state index contributed by atoms with van der Waals surface area (Å²) in [4.78, 5) is 15.0. The highest BCUT2D eigenvalue weighted by atomic mass is 32.2. The standard InChI is InChI=1S/C23H31N3O4.C7H8O3S/c1-23(9-5-19(6-10-23)29-14-13-28-2)25-11-7-18(8-12-25)26-20-15-17(16-24)3-4-21(20)30-22(26)27;1-6-2-4-7(5-3-6)11(8,9)10/h3-4,15,18-19H,5-14H2,1-2H3;2-5H,1H3,(H,8,9,10)/t19-,23-;. The number of nitriles is 1. The summed E-state index contributed by atoms with van der Waals surface area (Å²) in [6.07, 6.45) is 6.61. The molecule has 0 bridgehead atoms. The molecule has 0 radical (unpaired) electrons. The van der Waals surface area contributed by atoms with E-state index in [9.17, 15) is 18.5 Å². The predicted molar refractivity (Wildman–Crippen MR) is 155 cm³/mol. The van der Waals surface area contributed by atoms with Crippen molar-refractivity contribution in [2.75, 3.05) is 33.4 Å². The summed E-state index contributed by atoms with van der Waals surface area (Å²) in [6, 6.07) is 13.4. The Kier molecular flexibility index (Phi) is 10.0. The molecular formula is C30H39N3O7S. The van der Waals surface area contributed by atoms with Crippen molar-refractivity contribution >= 4 is 21.2 Å². The highest BCUT2D eigenvalue weighted by Gasteiger charge is 2.38. The molecule has 1 N–H and O–H groups in total. The third kappa shape index (κ3) is 7.64. The van der Waals surface area contributed by atoms with Crippen LogP contribution in [0, 0.1) is 18.3 Å². The smallest absolute Gasteiger partial charge is 0.408 e. The molecule has 1 aromatic heterocycles. The summed E-state index contributed by atoms with van der Waals surface area (Å²) in [6.45, 7) is 7.47. The zero-order valence-corrected chi connectivity index (χ0v) is 24.7. The van der Waals surface area contributed by atoms with Crippen LogP contribution in [0.2, 0.25) is 0 Å². The van der Waals surface area contributed by atoms with Crippen LogP contribution in [0.3, 0.4) is 0 Å². The van der Waals surface area contributed by atoms with E-state index in [0.717, 1.165) is 62.7 Å². The van der Waals surface area contributed by atoms with Gasteiger partial charge in [-0.3, -0.25) is 14.0 Å². The van der Waals surface area contributed by atoms with Gasteiger partial charge in [-0.05, 0) is 82.7 Å². The molecule has 222 valence electrons. The molecule has 5 rings (SSSR count). The lowest BCUT2D eigenvalue weighted by Gasteiger charge is -2.48. The van der Waals surface area contributed by atoms with E-state index >= 15 is 0 Å². The van der Waals surface area contributed by atoms with Gasteiger partial charge in [0.1, 0.15) is 0 Å². The molecule has 10 nitrogen and oxygen atoms in total. The number of methoxy groups -OCH3 is 1. The largest absolute Gasteiger partial charge is 0.420 e. The second-order valence-corrected chi connectivity index (χ2v) is 12.5. The zero-order chi connectivity index (χ0) is 29.6. The molecule has 11 heteroatoms. The number of aryl methyl sites for hydroxylation is 1. The second kappa shape index (κ2) is 13.3. The van der Waals surface area contributed by atoms with Crippen LogP contribution in [0.25, 0.3) is 11.1 Å². The lowest BCUT2D eigenvalue weighted by molar-refractivity contribution is -0.0419. The van der Waals surface area contributed by atoms with Gasteiger partial charge in [0.05, 0.1) is 41.4 Å². The van der Waals surface area contributed by atoms with Crippen molar-refractivity contribution in [3.63, 3.8) is 0 Å². The Morgan fingerprint density at radius 2 is 1.73 bits per heavy atom. The Morgan fingerprint density at radius 3 is 2.32 bits per heavy atom. The molecule has 0 unspecified atom stereocenters. The highest BCUT2D eigenvalue weighted by Crippen LogP contribution is 2.38. The van der Waals surface area contributed by atoms with Crippen LogP contribution in [-0.2, 0) is 19.6 Å². The normalized spacial score (nSPS) is 22.2. The Bertz CT molecular complexity index is 1510. The minimum Gasteiger partial charge on any atom is -0.408 e. The van der Waals surface area contributed by atoms with E-state index in [1.807, 2.05) is 6.92 Å². The maximum absolute atomic E-state index is 12.5. The van der Waals surface area contributed by atoms with E-state index in [1.165, 1.54) is 12.1 Å². The van der Waals surface area contributed by atoms with Crippen molar-refractivity contribution in [2.45, 2.75) is 75.0 Å². The maximum atomic E-state index is 12.5. The molecule has 2 aliphatic rings. The van der Waals surface area contributed by atoms with Gasteiger partial charge in [-0.2, -0.15) is 13.7 Å². The number of hydrogen-bond acceptors (Lipinski definition) is 8. The van der Waals surface area contributed by atoms with Crippen molar-refractivity contribution < 1.29 is 26.9 Å². The van der Waals surface area contributed by atoms with Gasteiger partial charge in [0.25, 0.3) is 10.1 Å². The molecule has 1 saturated heterocycles. The number of hydrogen-bond donors (Lipinski definition) is 1. The van der Waals surface area contributed by atoms with E-state index in [4.69, 9.17) is 18.4 Å². The van der Waals surface area contributed by atoms with Gasteiger partial charge in [0, 0.05) is 31.8 Å². The fourth-order valence-electron chi connectivity index (χ4n) is 5.82. The fourth-order valence-corrected chi connectivity index (χ4v) is 6.30. The summed E-state index contributed by atoms with van der Waals surface area (Å²) >= 11 is 0. The molecule has 0 spiro atoms. The first-order valence-corrected chi connectivity index (χ1v) is 15.4. The Labute approximate surface area is 241 Å². The third-order valence-corrected chi connectivity index (χ3v) is 9.17. The number of ether oxygens (including phenoxy) is 2. The topological polar surface area (TPSA) is 135 Å². The first kappa shape index (κ1) is 30.9. The van der Waals surface area contributed by atoms with Crippen molar-refractivity contribution in [3.05, 3.63) is 64.1 Å². The molecule has 2 fully saturated rings. The SMILES string of the molecule is COCCO[C@H]1CC[C@](C)(N2CCC(n3c(=O)oc4ccc(C#N)cc43)CC2)CC1.Cc1ccc(S(=O)(=O)O)cc1. The van der Waals surface area contributed by atoms with Gasteiger partial charge >= 0.3 is 5.76 Å². The monoisotopic (exact) mass is 585 g/mol. The van der Waals surface area contributed by atoms with E-state index in [1.54, 1.807) is 42.0 Å². The highest BCUT2D eigenvalue weighted by molar-refractivity contribution is 7.85. The fraction of sp³-hybridized carbons (Fsp3) is 0.533. The average molecular weight is 586 g/mol. The zero-order valence-electron chi connectivity index (χ0n) is 23.9. The van der Waals surface area contributed by atoms with Crippen molar-refractivity contribution in [2.24, 2.45) is 0 Å². The minimum absolute atomic E-state index is 0.0666. The number of aromatic nitrogens is 1. The van der Waals surface area contributed by atoms with Gasteiger partial charge in [0.2, 0.25) is 0 Å². The molecule has 2 aromatic carbocycles. The minimum atomic E-state index is -4.02. The lowest BCUT2D eigenvalue weighted by atomic mass is 9.79. The lowest BCUT2D eigenvalue weighted by Crippen LogP contribution is -2.53. The summed E-state index contributed by atoms with van der Waals surface area (Å²) in [5, 5.41) is 9.20. The first-order valence-electron chi connectivity index (χ1n) is 14.0. The maximum Gasteiger partial charge on any atom is 0.420 e. The summed E-state index contributed by atoms with van der Waals surface area (Å²) in [5.74, 6) is -0.321. The number of nitrogens with zero attached hydrogens (tertiary/aromatic N) is 3. The molecule has 3 aromatic rings. The molecule has 41 heavy (non-hydrogen) atoms. The molecule has 1 aliphatic carbocycles. The molecule has 2 heterocycles. The van der Waals surface area contributed by atoms with Gasteiger partial charge in [0.15, 0.2) is 5.58 Å². The Balaban J connectivity index is 0.000000296. The van der Waals surface area contributed by atoms with Gasteiger partial charge in [-0.25, -0.2) is 4.79 Å². The molecule has 1 aliphatic heterocycles. The van der Waals surface area contributed by atoms with E-state index in [0.29, 0.717) is 30.5 Å². The van der Waals surface area contributed by atoms with Gasteiger partial charge in [-0.15, -0.1) is 0 Å². The average Bonchev–Trinajstić information content (AvgIpc) is 3.29. The first-order chi connectivity index (χ1) is 19.5. The quantitative estimate of drug-likeness (QED) is 0.309. The molecular weight excluding hydrogens is 546 g/mol. The molecule has 1 saturated carbocycles. The molecule has 0 amide bonds. The third-order valence-electron chi connectivity index (χ3n) is 8.30. The van der Waals surface area contributed by atoms with Crippen molar-refractivity contribution in [3.8, 4) is 6.07 Å². The predicted octanol–water partition coefficient (Wildman–Crippen LogP) is 4.71. The Morgan fingerprint density at radius 1 is 1.07 bits per heavy atom. The number of benzene rings is 2. The number of piperidine rings is 1.